The molecule has 1 atom stereocenters. The molecular formula is C19H28F2N4O2. The maximum absolute atomic E-state index is 13.8. The number of amides is 1. The summed E-state index contributed by atoms with van der Waals surface area (Å²) >= 11 is 0. The van der Waals surface area contributed by atoms with E-state index >= 15 is 0 Å². The summed E-state index contributed by atoms with van der Waals surface area (Å²) in [5, 5.41) is 6.01. The summed E-state index contributed by atoms with van der Waals surface area (Å²) in [6.45, 7) is 9.32. The number of ether oxygens (including phenoxy) is 1. The third kappa shape index (κ3) is 6.69. The first kappa shape index (κ1) is 20.9. The Morgan fingerprint density at radius 1 is 1.37 bits per heavy atom. The van der Waals surface area contributed by atoms with Crippen LogP contribution in [0.2, 0.25) is 0 Å². The van der Waals surface area contributed by atoms with Crippen LogP contribution in [0.25, 0.3) is 0 Å². The van der Waals surface area contributed by atoms with Crippen molar-refractivity contribution in [2.45, 2.75) is 52.3 Å². The Bertz CT molecular complexity index is 689. The minimum atomic E-state index is -0.548. The fourth-order valence-corrected chi connectivity index (χ4v) is 2.80. The number of likely N-dealkylation sites (tertiary alicyclic amines) is 1. The lowest BCUT2D eigenvalue weighted by molar-refractivity contribution is 0.0507. The smallest absolute Gasteiger partial charge is 0.407 e. The Hall–Kier alpha value is -2.38. The van der Waals surface area contributed by atoms with Gasteiger partial charge < -0.3 is 20.3 Å². The Labute approximate surface area is 159 Å². The molecule has 1 unspecified atom stereocenters. The maximum Gasteiger partial charge on any atom is 0.407 e. The van der Waals surface area contributed by atoms with E-state index in [1.807, 2.05) is 32.6 Å². The van der Waals surface area contributed by atoms with Crippen molar-refractivity contribution in [3.63, 3.8) is 0 Å². The van der Waals surface area contributed by atoms with E-state index in [1.54, 1.807) is 0 Å². The second-order valence-electron chi connectivity index (χ2n) is 7.48. The van der Waals surface area contributed by atoms with Gasteiger partial charge in [-0.2, -0.15) is 0 Å². The third-order valence-corrected chi connectivity index (χ3v) is 3.95. The molecule has 1 fully saturated rings. The van der Waals surface area contributed by atoms with Crippen LogP contribution in [0.3, 0.4) is 0 Å². The monoisotopic (exact) mass is 382 g/mol. The van der Waals surface area contributed by atoms with Crippen molar-refractivity contribution in [3.8, 4) is 0 Å². The third-order valence-electron chi connectivity index (χ3n) is 3.95. The molecule has 1 amide bonds. The fourth-order valence-electron chi connectivity index (χ4n) is 2.80. The fraction of sp³-hybridized carbons (Fsp3) is 0.579. The highest BCUT2D eigenvalue weighted by Gasteiger charge is 2.27. The first-order valence-electron chi connectivity index (χ1n) is 9.14. The molecule has 0 spiro atoms. The number of nitrogens with one attached hydrogen (secondary N) is 2. The van der Waals surface area contributed by atoms with Crippen molar-refractivity contribution in [1.82, 2.24) is 15.5 Å². The first-order valence-corrected chi connectivity index (χ1v) is 9.14. The Morgan fingerprint density at radius 2 is 2.11 bits per heavy atom. The minimum Gasteiger partial charge on any atom is -0.444 e. The van der Waals surface area contributed by atoms with Gasteiger partial charge in [0.1, 0.15) is 17.2 Å². The molecule has 1 aromatic carbocycles. The van der Waals surface area contributed by atoms with Crippen LogP contribution < -0.4 is 10.6 Å². The molecule has 1 aliphatic rings. The molecule has 6 nitrogen and oxygen atoms in total. The van der Waals surface area contributed by atoms with Gasteiger partial charge in [-0.05, 0) is 52.3 Å². The highest BCUT2D eigenvalue weighted by atomic mass is 19.1. The van der Waals surface area contributed by atoms with E-state index in [9.17, 15) is 13.6 Å². The van der Waals surface area contributed by atoms with Gasteiger partial charge in [-0.1, -0.05) is 0 Å². The van der Waals surface area contributed by atoms with Crippen molar-refractivity contribution >= 4 is 12.1 Å². The van der Waals surface area contributed by atoms with Crippen LogP contribution in [-0.2, 0) is 11.3 Å². The number of hydrogen-bond acceptors (Lipinski definition) is 3. The molecule has 0 bridgehead atoms. The van der Waals surface area contributed by atoms with Crippen LogP contribution >= 0.6 is 0 Å². The van der Waals surface area contributed by atoms with Gasteiger partial charge in [0.05, 0.1) is 12.6 Å². The number of benzene rings is 1. The predicted octanol–water partition coefficient (Wildman–Crippen LogP) is 3.03. The lowest BCUT2D eigenvalue weighted by Gasteiger charge is -2.23. The topological polar surface area (TPSA) is 66.0 Å². The zero-order valence-corrected chi connectivity index (χ0v) is 16.3. The molecule has 1 aromatic rings. The largest absolute Gasteiger partial charge is 0.444 e. The lowest BCUT2D eigenvalue weighted by atomic mass is 10.2. The molecule has 27 heavy (non-hydrogen) atoms. The van der Waals surface area contributed by atoms with Crippen molar-refractivity contribution in [3.05, 3.63) is 35.4 Å². The summed E-state index contributed by atoms with van der Waals surface area (Å²) in [6.07, 6.45) is 0.302. The molecular weight excluding hydrogens is 354 g/mol. The Morgan fingerprint density at radius 3 is 2.78 bits per heavy atom. The number of guanidine groups is 1. The number of rotatable bonds is 4. The van der Waals surface area contributed by atoms with Crippen LogP contribution in [0.15, 0.2) is 23.2 Å². The van der Waals surface area contributed by atoms with E-state index < -0.39 is 23.3 Å². The van der Waals surface area contributed by atoms with E-state index in [0.29, 0.717) is 25.6 Å². The lowest BCUT2D eigenvalue weighted by Crippen LogP contribution is -2.44. The van der Waals surface area contributed by atoms with Crippen molar-refractivity contribution in [2.75, 3.05) is 19.6 Å². The van der Waals surface area contributed by atoms with E-state index in [2.05, 4.69) is 15.6 Å². The van der Waals surface area contributed by atoms with Crippen molar-refractivity contribution in [2.24, 2.45) is 4.99 Å². The van der Waals surface area contributed by atoms with Crippen molar-refractivity contribution in [1.29, 1.82) is 0 Å². The number of nitrogens with zero attached hydrogens (tertiary/aromatic N) is 2. The minimum absolute atomic E-state index is 0.0343. The molecule has 2 rings (SSSR count). The SMILES string of the molecule is CCNC(=NCc1cc(F)ccc1F)N1CCC(NC(=O)OC(C)(C)C)C1. The Balaban J connectivity index is 1.98. The van der Waals surface area contributed by atoms with E-state index in [-0.39, 0.29) is 18.2 Å². The van der Waals surface area contributed by atoms with Crippen LogP contribution in [0.1, 0.15) is 39.7 Å². The predicted molar refractivity (Wildman–Crippen MR) is 101 cm³/mol. The number of carbonyl (C=O) groups excluding carboxylic acids is 1. The number of halogens is 2. The summed E-state index contributed by atoms with van der Waals surface area (Å²) in [6, 6.07) is 3.28. The molecule has 1 heterocycles. The molecule has 0 saturated carbocycles. The standard InChI is InChI=1S/C19H28F2N4O2/c1-5-22-17(23-11-13-10-14(20)6-7-16(13)21)25-9-8-15(12-25)24-18(26)27-19(2,3)4/h6-7,10,15H,5,8-9,11-12H2,1-4H3,(H,22,23)(H,24,26). The molecule has 2 N–H and O–H groups in total. The summed E-state index contributed by atoms with van der Waals surface area (Å²) < 4.78 is 32.4. The highest BCUT2D eigenvalue weighted by Crippen LogP contribution is 2.14. The molecule has 8 heteroatoms. The van der Waals surface area contributed by atoms with Gasteiger partial charge in [-0.3, -0.25) is 0 Å². The quantitative estimate of drug-likeness (QED) is 0.621. The first-order chi connectivity index (χ1) is 12.7. The van der Waals surface area contributed by atoms with E-state index in [1.165, 1.54) is 0 Å². The number of aliphatic imine (C=N–C) groups is 1. The second kappa shape index (κ2) is 9.01. The second-order valence-corrected chi connectivity index (χ2v) is 7.48. The zero-order chi connectivity index (χ0) is 20.0. The van der Waals surface area contributed by atoms with Gasteiger partial charge >= 0.3 is 6.09 Å². The molecule has 150 valence electrons. The molecule has 1 saturated heterocycles. The Kier molecular flexibility index (Phi) is 6.98. The molecule has 0 aliphatic carbocycles. The van der Waals surface area contributed by atoms with E-state index in [0.717, 1.165) is 24.6 Å². The summed E-state index contributed by atoms with van der Waals surface area (Å²) in [5.41, 5.74) is -0.346. The van der Waals surface area contributed by atoms with Gasteiger partial charge in [0.2, 0.25) is 0 Å². The highest BCUT2D eigenvalue weighted by molar-refractivity contribution is 5.80. The van der Waals surface area contributed by atoms with Gasteiger partial charge in [-0.25, -0.2) is 18.6 Å². The molecule has 0 radical (unpaired) electrons. The van der Waals surface area contributed by atoms with Crippen LogP contribution in [-0.4, -0.2) is 48.2 Å². The maximum atomic E-state index is 13.8. The van der Waals surface area contributed by atoms with E-state index in [4.69, 9.17) is 4.74 Å². The van der Waals surface area contributed by atoms with Crippen molar-refractivity contribution < 1.29 is 18.3 Å². The van der Waals surface area contributed by atoms with Gasteiger partial charge in [-0.15, -0.1) is 0 Å². The number of carbonyl (C=O) groups is 1. The summed E-state index contributed by atoms with van der Waals surface area (Å²) in [4.78, 5) is 18.3. The van der Waals surface area contributed by atoms with Crippen LogP contribution in [0, 0.1) is 11.6 Å². The normalized spacial score (nSPS) is 17.8. The summed E-state index contributed by atoms with van der Waals surface area (Å²) in [5.74, 6) is -0.370. The molecule has 1 aliphatic heterocycles. The number of alkyl carbamates (subject to hydrolysis) is 1. The van der Waals surface area contributed by atoms with Crippen LogP contribution in [0.5, 0.6) is 0 Å². The van der Waals surface area contributed by atoms with Crippen LogP contribution in [0.4, 0.5) is 13.6 Å². The summed E-state index contributed by atoms with van der Waals surface area (Å²) in [7, 11) is 0. The van der Waals surface area contributed by atoms with Gasteiger partial charge in [0, 0.05) is 25.2 Å². The zero-order valence-electron chi connectivity index (χ0n) is 16.3. The average Bonchev–Trinajstić information content (AvgIpc) is 3.00. The average molecular weight is 382 g/mol. The van der Waals surface area contributed by atoms with Gasteiger partial charge in [0.15, 0.2) is 5.96 Å². The van der Waals surface area contributed by atoms with Gasteiger partial charge in [0.25, 0.3) is 0 Å². The number of hydrogen-bond donors (Lipinski definition) is 2. The molecule has 0 aromatic heterocycles.